The van der Waals surface area contributed by atoms with Crippen molar-refractivity contribution in [2.75, 3.05) is 25.6 Å². The minimum absolute atomic E-state index is 0.198. The number of methoxy groups -OCH3 is 1. The van der Waals surface area contributed by atoms with E-state index in [0.29, 0.717) is 35.7 Å². The Hall–Kier alpha value is -3.26. The molecular formula is C25H25ClF3N3O2. The number of hydrogen-bond donors (Lipinski definition) is 1. The van der Waals surface area contributed by atoms with Crippen LogP contribution in [0.15, 0.2) is 66.9 Å². The Morgan fingerprint density at radius 1 is 1.15 bits per heavy atom. The standard InChI is InChI=1S/C25H25ClF3N3O2/c1-30-24(33)23(18-8-4-3-5-9-18)32(19-11-12-20(26)21(15-19)34-2)14-6-7-17-10-13-22(31-16-17)25(27,28)29/h3-5,8-13,15-16,23H,6-7,14H2,1-2H3,(H,30,33). The number of nitrogens with zero attached hydrogens (tertiary/aromatic N) is 2. The van der Waals surface area contributed by atoms with Crippen LogP contribution in [0.1, 0.15) is 29.3 Å². The van der Waals surface area contributed by atoms with Crippen LogP contribution in [0.4, 0.5) is 18.9 Å². The fraction of sp³-hybridized carbons (Fsp3) is 0.280. The number of amides is 1. The Balaban J connectivity index is 1.89. The van der Waals surface area contributed by atoms with Gasteiger partial charge in [-0.2, -0.15) is 13.2 Å². The molecule has 0 saturated heterocycles. The molecule has 1 heterocycles. The van der Waals surface area contributed by atoms with Crippen molar-refractivity contribution in [3.8, 4) is 5.75 Å². The number of carbonyl (C=O) groups excluding carboxylic acids is 1. The lowest BCUT2D eigenvalue weighted by Gasteiger charge is -2.33. The molecule has 0 saturated carbocycles. The second kappa shape index (κ2) is 11.2. The summed E-state index contributed by atoms with van der Waals surface area (Å²) < 4.78 is 43.7. The van der Waals surface area contributed by atoms with Crippen molar-refractivity contribution < 1.29 is 22.7 Å². The van der Waals surface area contributed by atoms with Gasteiger partial charge in [0.25, 0.3) is 0 Å². The predicted octanol–water partition coefficient (Wildman–Crippen LogP) is 5.69. The molecular weight excluding hydrogens is 467 g/mol. The number of anilines is 1. The van der Waals surface area contributed by atoms with E-state index < -0.39 is 17.9 Å². The summed E-state index contributed by atoms with van der Waals surface area (Å²) in [6.07, 6.45) is -2.18. The largest absolute Gasteiger partial charge is 0.495 e. The maximum absolute atomic E-state index is 13.0. The summed E-state index contributed by atoms with van der Waals surface area (Å²) in [5, 5.41) is 3.17. The van der Waals surface area contributed by atoms with E-state index in [2.05, 4.69) is 10.3 Å². The Morgan fingerprint density at radius 3 is 2.47 bits per heavy atom. The third kappa shape index (κ3) is 6.20. The van der Waals surface area contributed by atoms with Crippen molar-refractivity contribution in [3.05, 3.63) is 88.7 Å². The maximum atomic E-state index is 13.0. The molecule has 5 nitrogen and oxygen atoms in total. The lowest BCUT2D eigenvalue weighted by Crippen LogP contribution is -2.40. The molecule has 0 radical (unpaired) electrons. The van der Waals surface area contributed by atoms with Crippen LogP contribution < -0.4 is 15.0 Å². The lowest BCUT2D eigenvalue weighted by atomic mass is 10.0. The number of halogens is 4. The van der Waals surface area contributed by atoms with E-state index in [-0.39, 0.29) is 5.91 Å². The number of nitrogens with one attached hydrogen (secondary N) is 1. The fourth-order valence-corrected chi connectivity index (χ4v) is 3.87. The second-order valence-corrected chi connectivity index (χ2v) is 8.00. The summed E-state index contributed by atoms with van der Waals surface area (Å²) >= 11 is 6.21. The number of alkyl halides is 3. The number of ether oxygens (including phenoxy) is 1. The fourth-order valence-electron chi connectivity index (χ4n) is 3.67. The number of benzene rings is 2. The van der Waals surface area contributed by atoms with Gasteiger partial charge in [-0.25, -0.2) is 0 Å². The zero-order valence-electron chi connectivity index (χ0n) is 18.8. The summed E-state index contributed by atoms with van der Waals surface area (Å²) in [6, 6.07) is 16.4. The third-order valence-corrected chi connectivity index (χ3v) is 5.68. The van der Waals surface area contributed by atoms with Crippen LogP contribution in [-0.4, -0.2) is 31.6 Å². The molecule has 3 rings (SSSR count). The number of aryl methyl sites for hydroxylation is 1. The molecule has 0 aliphatic heterocycles. The van der Waals surface area contributed by atoms with Crippen molar-refractivity contribution in [2.45, 2.75) is 25.1 Å². The first-order valence-electron chi connectivity index (χ1n) is 10.6. The van der Waals surface area contributed by atoms with E-state index in [1.165, 1.54) is 19.4 Å². The van der Waals surface area contributed by atoms with Gasteiger partial charge in [0.15, 0.2) is 0 Å². The number of rotatable bonds is 9. The Kier molecular flexibility index (Phi) is 8.39. The Morgan fingerprint density at radius 2 is 1.88 bits per heavy atom. The van der Waals surface area contributed by atoms with Gasteiger partial charge in [0, 0.05) is 31.5 Å². The first kappa shape index (κ1) is 25.4. The number of pyridine rings is 1. The molecule has 0 bridgehead atoms. The molecule has 1 amide bonds. The van der Waals surface area contributed by atoms with E-state index in [4.69, 9.17) is 16.3 Å². The molecule has 1 atom stereocenters. The molecule has 9 heteroatoms. The molecule has 1 aromatic heterocycles. The molecule has 0 spiro atoms. The normalized spacial score (nSPS) is 12.2. The molecule has 0 fully saturated rings. The van der Waals surface area contributed by atoms with E-state index in [1.807, 2.05) is 41.3 Å². The SMILES string of the molecule is CNC(=O)C(c1ccccc1)N(CCCc1ccc(C(F)(F)F)nc1)c1ccc(Cl)c(OC)c1. The van der Waals surface area contributed by atoms with Crippen LogP contribution in [0.3, 0.4) is 0 Å². The molecule has 2 aromatic carbocycles. The maximum Gasteiger partial charge on any atom is 0.433 e. The van der Waals surface area contributed by atoms with Gasteiger partial charge in [-0.15, -0.1) is 0 Å². The van der Waals surface area contributed by atoms with Crippen molar-refractivity contribution >= 4 is 23.2 Å². The Labute approximate surface area is 201 Å². The van der Waals surface area contributed by atoms with Crippen LogP contribution >= 0.6 is 11.6 Å². The van der Waals surface area contributed by atoms with Gasteiger partial charge >= 0.3 is 6.18 Å². The van der Waals surface area contributed by atoms with Gasteiger partial charge in [0.2, 0.25) is 5.91 Å². The molecule has 1 N–H and O–H groups in total. The minimum atomic E-state index is -4.47. The Bertz CT molecular complexity index is 1090. The lowest BCUT2D eigenvalue weighted by molar-refractivity contribution is -0.141. The van der Waals surface area contributed by atoms with Gasteiger partial charge in [-0.1, -0.05) is 48.0 Å². The quantitative estimate of drug-likeness (QED) is 0.418. The van der Waals surface area contributed by atoms with Gasteiger partial charge in [0.1, 0.15) is 17.5 Å². The van der Waals surface area contributed by atoms with Crippen LogP contribution in [0.25, 0.3) is 0 Å². The van der Waals surface area contributed by atoms with E-state index in [0.717, 1.165) is 17.3 Å². The van der Waals surface area contributed by atoms with Crippen LogP contribution in [0.5, 0.6) is 5.75 Å². The summed E-state index contributed by atoms with van der Waals surface area (Å²) in [5.41, 5.74) is 1.28. The van der Waals surface area contributed by atoms with E-state index in [9.17, 15) is 18.0 Å². The van der Waals surface area contributed by atoms with Crippen molar-refractivity contribution in [1.82, 2.24) is 10.3 Å². The predicted molar refractivity (Wildman–Crippen MR) is 126 cm³/mol. The number of hydrogen-bond acceptors (Lipinski definition) is 4. The highest BCUT2D eigenvalue weighted by Gasteiger charge is 2.32. The summed E-state index contributed by atoms with van der Waals surface area (Å²) in [4.78, 5) is 18.5. The average molecular weight is 492 g/mol. The van der Waals surface area contributed by atoms with Gasteiger partial charge in [-0.05, 0) is 42.2 Å². The molecule has 34 heavy (non-hydrogen) atoms. The average Bonchev–Trinajstić information content (AvgIpc) is 2.84. The highest BCUT2D eigenvalue weighted by Crippen LogP contribution is 2.34. The van der Waals surface area contributed by atoms with Gasteiger partial charge in [-0.3, -0.25) is 9.78 Å². The topological polar surface area (TPSA) is 54.5 Å². The van der Waals surface area contributed by atoms with Crippen LogP contribution in [0.2, 0.25) is 5.02 Å². The van der Waals surface area contributed by atoms with Crippen molar-refractivity contribution in [3.63, 3.8) is 0 Å². The van der Waals surface area contributed by atoms with Crippen molar-refractivity contribution in [2.24, 2.45) is 0 Å². The molecule has 0 aliphatic carbocycles. The zero-order chi connectivity index (χ0) is 24.7. The van der Waals surface area contributed by atoms with Crippen molar-refractivity contribution in [1.29, 1.82) is 0 Å². The third-order valence-electron chi connectivity index (χ3n) is 5.37. The molecule has 0 aliphatic rings. The van der Waals surface area contributed by atoms with Crippen LogP contribution in [0, 0.1) is 0 Å². The number of carbonyl (C=O) groups is 1. The van der Waals surface area contributed by atoms with Gasteiger partial charge < -0.3 is 15.0 Å². The van der Waals surface area contributed by atoms with E-state index in [1.54, 1.807) is 19.2 Å². The first-order valence-corrected chi connectivity index (χ1v) is 11.0. The first-order chi connectivity index (χ1) is 16.2. The highest BCUT2D eigenvalue weighted by molar-refractivity contribution is 6.32. The zero-order valence-corrected chi connectivity index (χ0v) is 19.5. The summed E-state index contributed by atoms with van der Waals surface area (Å²) in [7, 11) is 3.09. The molecule has 1 unspecified atom stereocenters. The summed E-state index contributed by atoms with van der Waals surface area (Å²) in [5.74, 6) is 0.274. The van der Waals surface area contributed by atoms with Gasteiger partial charge in [0.05, 0.1) is 12.1 Å². The highest BCUT2D eigenvalue weighted by atomic mass is 35.5. The van der Waals surface area contributed by atoms with E-state index >= 15 is 0 Å². The molecule has 3 aromatic rings. The number of likely N-dealkylation sites (N-methyl/N-ethyl adjacent to an activating group) is 1. The second-order valence-electron chi connectivity index (χ2n) is 7.59. The number of aromatic nitrogens is 1. The summed E-state index contributed by atoms with van der Waals surface area (Å²) in [6.45, 7) is 0.443. The van der Waals surface area contributed by atoms with Crippen LogP contribution in [-0.2, 0) is 17.4 Å². The minimum Gasteiger partial charge on any atom is -0.495 e. The smallest absolute Gasteiger partial charge is 0.433 e. The monoisotopic (exact) mass is 491 g/mol. The molecule has 180 valence electrons.